The summed E-state index contributed by atoms with van der Waals surface area (Å²) in [6.45, 7) is 8.58. The lowest BCUT2D eigenvalue weighted by atomic mass is 10.0. The van der Waals surface area contributed by atoms with Crippen LogP contribution in [0.1, 0.15) is 36.1 Å². The van der Waals surface area contributed by atoms with Gasteiger partial charge in [-0.05, 0) is 50.0 Å². The zero-order chi connectivity index (χ0) is 14.5. The van der Waals surface area contributed by atoms with Crippen LogP contribution < -0.4 is 0 Å². The Morgan fingerprint density at radius 2 is 1.30 bits per heavy atom. The van der Waals surface area contributed by atoms with Gasteiger partial charge in [-0.15, -0.1) is 0 Å². The van der Waals surface area contributed by atoms with Gasteiger partial charge < -0.3 is 0 Å². The molecule has 0 aromatic heterocycles. The van der Waals surface area contributed by atoms with Crippen LogP contribution in [0.15, 0.2) is 59.7 Å². The van der Waals surface area contributed by atoms with Gasteiger partial charge >= 0.3 is 0 Å². The SMILES string of the molecule is CC(=Cc1ccc(C)cc1)C(C)=Cc1cccc(C)c1. The molecule has 0 bridgehead atoms. The van der Waals surface area contributed by atoms with E-state index in [0.29, 0.717) is 0 Å². The maximum Gasteiger partial charge on any atom is -0.0251 e. The lowest BCUT2D eigenvalue weighted by molar-refractivity contribution is 1.37. The van der Waals surface area contributed by atoms with E-state index in [4.69, 9.17) is 0 Å². The fourth-order valence-electron chi connectivity index (χ4n) is 2.15. The maximum atomic E-state index is 2.24. The van der Waals surface area contributed by atoms with Crippen molar-refractivity contribution in [3.05, 3.63) is 81.9 Å². The Bertz CT molecular complexity index is 640. The van der Waals surface area contributed by atoms with Crippen LogP contribution in [0.2, 0.25) is 0 Å². The number of rotatable bonds is 3. The zero-order valence-electron chi connectivity index (χ0n) is 12.8. The highest BCUT2D eigenvalue weighted by molar-refractivity contribution is 5.65. The van der Waals surface area contributed by atoms with Crippen molar-refractivity contribution in [2.75, 3.05) is 0 Å². The monoisotopic (exact) mass is 262 g/mol. The predicted molar refractivity (Wildman–Crippen MR) is 89.7 cm³/mol. The summed E-state index contributed by atoms with van der Waals surface area (Å²) in [5.74, 6) is 0. The van der Waals surface area contributed by atoms with Gasteiger partial charge in [0.25, 0.3) is 0 Å². The highest BCUT2D eigenvalue weighted by Crippen LogP contribution is 2.18. The highest BCUT2D eigenvalue weighted by Gasteiger charge is 1.96. The molecule has 0 heterocycles. The van der Waals surface area contributed by atoms with Crippen molar-refractivity contribution < 1.29 is 0 Å². The largest absolute Gasteiger partial charge is 0.0614 e. The Morgan fingerprint density at radius 1 is 0.700 bits per heavy atom. The third kappa shape index (κ3) is 3.96. The highest BCUT2D eigenvalue weighted by atomic mass is 14.0. The number of hydrogen-bond acceptors (Lipinski definition) is 0. The van der Waals surface area contributed by atoms with Gasteiger partial charge in [0.1, 0.15) is 0 Å². The first kappa shape index (κ1) is 14.3. The maximum absolute atomic E-state index is 2.24. The van der Waals surface area contributed by atoms with Crippen LogP contribution >= 0.6 is 0 Å². The molecule has 2 aromatic carbocycles. The van der Waals surface area contributed by atoms with E-state index in [0.717, 1.165) is 0 Å². The molecular formula is C20H22. The smallest absolute Gasteiger partial charge is 0.0251 e. The molecule has 0 aliphatic carbocycles. The van der Waals surface area contributed by atoms with Crippen molar-refractivity contribution in [3.63, 3.8) is 0 Å². The van der Waals surface area contributed by atoms with Crippen LogP contribution in [0.4, 0.5) is 0 Å². The Hall–Kier alpha value is -2.08. The molecular weight excluding hydrogens is 240 g/mol. The molecule has 0 aliphatic rings. The summed E-state index contributed by atoms with van der Waals surface area (Å²) in [5.41, 5.74) is 7.72. The second-order valence-corrected chi connectivity index (χ2v) is 5.48. The number of allylic oxidation sites excluding steroid dienone is 2. The van der Waals surface area contributed by atoms with Crippen molar-refractivity contribution in [1.29, 1.82) is 0 Å². The molecule has 0 unspecified atom stereocenters. The summed E-state index contributed by atoms with van der Waals surface area (Å²) in [7, 11) is 0. The standard InChI is InChI=1S/C20H22/c1-15-8-10-19(11-9-15)13-17(3)18(4)14-20-7-5-6-16(2)12-20/h5-14H,1-4H3. The van der Waals surface area contributed by atoms with E-state index in [2.05, 4.69) is 88.4 Å². The van der Waals surface area contributed by atoms with Gasteiger partial charge in [-0.2, -0.15) is 0 Å². The topological polar surface area (TPSA) is 0 Å². The molecule has 0 saturated carbocycles. The molecule has 0 heteroatoms. The lowest BCUT2D eigenvalue weighted by Gasteiger charge is -2.04. The Labute approximate surface area is 122 Å². The van der Waals surface area contributed by atoms with Crippen molar-refractivity contribution >= 4 is 12.2 Å². The van der Waals surface area contributed by atoms with E-state index in [1.165, 1.54) is 33.4 Å². The van der Waals surface area contributed by atoms with Crippen LogP contribution in [0.25, 0.3) is 12.2 Å². The normalized spacial score (nSPS) is 12.6. The minimum absolute atomic E-state index is 1.25. The van der Waals surface area contributed by atoms with Gasteiger partial charge in [-0.25, -0.2) is 0 Å². The van der Waals surface area contributed by atoms with Crippen LogP contribution in [-0.4, -0.2) is 0 Å². The molecule has 0 aliphatic heterocycles. The van der Waals surface area contributed by atoms with Crippen molar-refractivity contribution in [3.8, 4) is 0 Å². The molecule has 20 heavy (non-hydrogen) atoms. The molecule has 0 nitrogen and oxygen atoms in total. The first-order valence-electron chi connectivity index (χ1n) is 7.05. The Morgan fingerprint density at radius 3 is 1.90 bits per heavy atom. The van der Waals surface area contributed by atoms with Crippen LogP contribution in [0.3, 0.4) is 0 Å². The van der Waals surface area contributed by atoms with Crippen molar-refractivity contribution in [2.45, 2.75) is 27.7 Å². The Balaban J connectivity index is 2.23. The molecule has 0 N–H and O–H groups in total. The fourth-order valence-corrected chi connectivity index (χ4v) is 2.15. The number of aryl methyl sites for hydroxylation is 2. The summed E-state index contributed by atoms with van der Waals surface area (Å²) in [6.07, 6.45) is 4.48. The quantitative estimate of drug-likeness (QED) is 0.612. The minimum atomic E-state index is 1.25. The van der Waals surface area contributed by atoms with Gasteiger partial charge in [0.15, 0.2) is 0 Å². The van der Waals surface area contributed by atoms with Gasteiger partial charge in [-0.1, -0.05) is 71.8 Å². The third-order valence-corrected chi connectivity index (χ3v) is 3.51. The molecule has 0 radical (unpaired) electrons. The van der Waals surface area contributed by atoms with E-state index >= 15 is 0 Å². The van der Waals surface area contributed by atoms with E-state index in [9.17, 15) is 0 Å². The van der Waals surface area contributed by atoms with E-state index in [1.807, 2.05) is 0 Å². The van der Waals surface area contributed by atoms with Gasteiger partial charge in [-0.3, -0.25) is 0 Å². The molecule has 2 rings (SSSR count). The van der Waals surface area contributed by atoms with Crippen molar-refractivity contribution in [1.82, 2.24) is 0 Å². The van der Waals surface area contributed by atoms with Crippen LogP contribution in [-0.2, 0) is 0 Å². The lowest BCUT2D eigenvalue weighted by Crippen LogP contribution is -1.83. The van der Waals surface area contributed by atoms with E-state index in [1.54, 1.807) is 0 Å². The second-order valence-electron chi connectivity index (χ2n) is 5.48. The summed E-state index contributed by atoms with van der Waals surface area (Å²) in [4.78, 5) is 0. The summed E-state index contributed by atoms with van der Waals surface area (Å²) >= 11 is 0. The van der Waals surface area contributed by atoms with Gasteiger partial charge in [0.05, 0.1) is 0 Å². The average molecular weight is 262 g/mol. The molecule has 0 spiro atoms. The van der Waals surface area contributed by atoms with Gasteiger partial charge in [0.2, 0.25) is 0 Å². The summed E-state index contributed by atoms with van der Waals surface area (Å²) < 4.78 is 0. The molecule has 0 saturated heterocycles. The molecule has 102 valence electrons. The van der Waals surface area contributed by atoms with E-state index in [-0.39, 0.29) is 0 Å². The van der Waals surface area contributed by atoms with Crippen LogP contribution in [0, 0.1) is 13.8 Å². The van der Waals surface area contributed by atoms with E-state index < -0.39 is 0 Å². The summed E-state index contributed by atoms with van der Waals surface area (Å²) in [5, 5.41) is 0. The minimum Gasteiger partial charge on any atom is -0.0614 e. The number of hydrogen-bond donors (Lipinski definition) is 0. The van der Waals surface area contributed by atoms with Crippen molar-refractivity contribution in [2.24, 2.45) is 0 Å². The second kappa shape index (κ2) is 6.38. The van der Waals surface area contributed by atoms with Gasteiger partial charge in [0, 0.05) is 0 Å². The Kier molecular flexibility index (Phi) is 4.57. The first-order chi connectivity index (χ1) is 9.54. The molecule has 2 aromatic rings. The summed E-state index contributed by atoms with van der Waals surface area (Å²) in [6, 6.07) is 17.2. The third-order valence-electron chi connectivity index (χ3n) is 3.51. The molecule has 0 atom stereocenters. The fraction of sp³-hybridized carbons (Fsp3) is 0.200. The average Bonchev–Trinajstić information content (AvgIpc) is 2.41. The predicted octanol–water partition coefficient (Wildman–Crippen LogP) is 5.81. The first-order valence-corrected chi connectivity index (χ1v) is 7.05. The molecule has 0 fully saturated rings. The number of benzene rings is 2. The van der Waals surface area contributed by atoms with Crippen LogP contribution in [0.5, 0.6) is 0 Å². The zero-order valence-corrected chi connectivity index (χ0v) is 12.8. The molecule has 0 amide bonds.